The Morgan fingerprint density at radius 3 is 2.15 bits per heavy atom. The van der Waals surface area contributed by atoms with Gasteiger partial charge in [-0.05, 0) is 50.7 Å². The van der Waals surface area contributed by atoms with Crippen molar-refractivity contribution in [2.24, 2.45) is 16.9 Å². The van der Waals surface area contributed by atoms with Crippen LogP contribution >= 0.6 is 0 Å². The Balaban J connectivity index is 1.21. The molecule has 2 atom stereocenters. The van der Waals surface area contributed by atoms with Crippen molar-refractivity contribution < 1.29 is 19.3 Å². The monoisotopic (exact) mass is 606 g/mol. The predicted molar refractivity (Wildman–Crippen MR) is 172 cm³/mol. The van der Waals surface area contributed by atoms with Crippen LogP contribution in [0.3, 0.4) is 0 Å². The molecule has 1 fully saturated rings. The lowest BCUT2D eigenvalue weighted by Gasteiger charge is -2.52. The summed E-state index contributed by atoms with van der Waals surface area (Å²) in [5, 5.41) is 17.8. The van der Waals surface area contributed by atoms with Gasteiger partial charge in [-0.3, -0.25) is 24.5 Å². The van der Waals surface area contributed by atoms with Crippen LogP contribution in [0.15, 0.2) is 120 Å². The second kappa shape index (κ2) is 10.3. The number of fused-ring (bicyclic) bond motifs is 1. The summed E-state index contributed by atoms with van der Waals surface area (Å²) in [6.45, 7) is 0. The molecule has 3 amide bonds. The summed E-state index contributed by atoms with van der Waals surface area (Å²) in [6.07, 6.45) is 1.74. The molecule has 9 nitrogen and oxygen atoms in total. The number of carbonyl (C=O) groups is 3. The molecule has 0 aromatic heterocycles. The summed E-state index contributed by atoms with van der Waals surface area (Å²) < 4.78 is 0. The number of nitro benzene ring substituents is 1. The van der Waals surface area contributed by atoms with E-state index in [0.29, 0.717) is 0 Å². The third-order valence-electron chi connectivity index (χ3n) is 9.69. The standard InChI is InChI=1S/C37H26N4O5/c42-31(20-23-10-7-9-22-8-1-2-11-26(22)23)39-38-21-37-29-14-5-3-12-27(29)32(28-13-4-6-15-30(28)37)33-34(37)36(44)40(35(33)43)24-16-18-25(19-17-24)41(45)46/h1-19,21,32-34H,20H2,(H,39,42)/b38-21-/t32?,33-,34-,37?/m0/s1. The molecule has 2 bridgehead atoms. The minimum Gasteiger partial charge on any atom is -0.274 e. The van der Waals surface area contributed by atoms with Crippen LogP contribution in [0.25, 0.3) is 10.8 Å². The number of imide groups is 1. The number of nitro groups is 1. The van der Waals surface area contributed by atoms with E-state index in [1.54, 1.807) is 6.21 Å². The highest BCUT2D eigenvalue weighted by Gasteiger charge is 2.68. The molecule has 1 aliphatic heterocycles. The van der Waals surface area contributed by atoms with Gasteiger partial charge in [0.2, 0.25) is 17.7 Å². The average molecular weight is 607 g/mol. The van der Waals surface area contributed by atoms with Gasteiger partial charge in [0, 0.05) is 24.3 Å². The number of non-ortho nitro benzene ring substituents is 1. The lowest BCUT2D eigenvalue weighted by Crippen LogP contribution is -2.54. The van der Waals surface area contributed by atoms with Gasteiger partial charge in [0.05, 0.1) is 34.3 Å². The van der Waals surface area contributed by atoms with Crippen LogP contribution in [0, 0.1) is 22.0 Å². The van der Waals surface area contributed by atoms with Crippen molar-refractivity contribution in [3.63, 3.8) is 0 Å². The third kappa shape index (κ3) is 3.88. The van der Waals surface area contributed by atoms with Crippen molar-refractivity contribution >= 4 is 46.1 Å². The van der Waals surface area contributed by atoms with Crippen molar-refractivity contribution in [1.82, 2.24) is 5.43 Å². The van der Waals surface area contributed by atoms with Gasteiger partial charge in [0.15, 0.2) is 0 Å². The van der Waals surface area contributed by atoms with Crippen molar-refractivity contribution in [3.8, 4) is 0 Å². The van der Waals surface area contributed by atoms with E-state index in [0.717, 1.165) is 43.5 Å². The Morgan fingerprint density at radius 1 is 0.826 bits per heavy atom. The summed E-state index contributed by atoms with van der Waals surface area (Å²) in [5.74, 6) is -3.03. The number of carbonyl (C=O) groups excluding carboxylic acids is 3. The van der Waals surface area contributed by atoms with E-state index in [2.05, 4.69) is 10.5 Å². The third-order valence-corrected chi connectivity index (χ3v) is 9.69. The molecule has 3 aliphatic carbocycles. The van der Waals surface area contributed by atoms with Gasteiger partial charge in [-0.1, -0.05) is 91.0 Å². The van der Waals surface area contributed by atoms with Crippen LogP contribution in [0.4, 0.5) is 11.4 Å². The molecular formula is C37H26N4O5. The Morgan fingerprint density at radius 2 is 1.46 bits per heavy atom. The molecule has 1 heterocycles. The van der Waals surface area contributed by atoms with Crippen molar-refractivity contribution in [2.75, 3.05) is 4.90 Å². The molecule has 9 rings (SSSR count). The maximum absolute atomic E-state index is 14.5. The maximum Gasteiger partial charge on any atom is 0.269 e. The molecule has 5 aromatic rings. The molecule has 9 heteroatoms. The van der Waals surface area contributed by atoms with Gasteiger partial charge in [0.25, 0.3) is 5.69 Å². The summed E-state index contributed by atoms with van der Waals surface area (Å²) in [6, 6.07) is 34.7. The molecule has 1 saturated heterocycles. The summed E-state index contributed by atoms with van der Waals surface area (Å²) in [5.41, 5.74) is 6.15. The first-order valence-corrected chi connectivity index (χ1v) is 15.0. The minimum atomic E-state index is -1.15. The van der Waals surface area contributed by atoms with Gasteiger partial charge in [0.1, 0.15) is 0 Å². The van der Waals surface area contributed by atoms with E-state index in [1.165, 1.54) is 24.3 Å². The van der Waals surface area contributed by atoms with E-state index in [1.807, 2.05) is 91.0 Å². The topological polar surface area (TPSA) is 122 Å². The fraction of sp³-hybridized carbons (Fsp3) is 0.135. The summed E-state index contributed by atoms with van der Waals surface area (Å²) in [4.78, 5) is 53.9. The van der Waals surface area contributed by atoms with E-state index < -0.39 is 28.1 Å². The normalized spacial score (nSPS) is 22.5. The fourth-order valence-corrected chi connectivity index (χ4v) is 7.89. The predicted octanol–water partition coefficient (Wildman–Crippen LogP) is 5.64. The first-order chi connectivity index (χ1) is 22.4. The van der Waals surface area contributed by atoms with E-state index in [9.17, 15) is 24.5 Å². The number of hydrogen-bond donors (Lipinski definition) is 1. The molecule has 0 unspecified atom stereocenters. The largest absolute Gasteiger partial charge is 0.274 e. The molecule has 46 heavy (non-hydrogen) atoms. The Labute approximate surface area is 263 Å². The molecule has 224 valence electrons. The van der Waals surface area contributed by atoms with E-state index in [4.69, 9.17) is 0 Å². The minimum absolute atomic E-state index is 0.109. The van der Waals surface area contributed by atoms with Gasteiger partial charge < -0.3 is 0 Å². The highest BCUT2D eigenvalue weighted by atomic mass is 16.6. The zero-order valence-electron chi connectivity index (χ0n) is 24.4. The van der Waals surface area contributed by atoms with Gasteiger partial charge in [-0.25, -0.2) is 10.3 Å². The number of amides is 3. The molecule has 0 spiro atoms. The zero-order valence-corrected chi connectivity index (χ0v) is 24.4. The van der Waals surface area contributed by atoms with Crippen LogP contribution in [0.5, 0.6) is 0 Å². The molecule has 1 N–H and O–H groups in total. The smallest absolute Gasteiger partial charge is 0.269 e. The lowest BCUT2D eigenvalue weighted by atomic mass is 9.47. The Hall–Kier alpha value is -5.96. The summed E-state index contributed by atoms with van der Waals surface area (Å²) in [7, 11) is 0. The number of nitrogens with one attached hydrogen (secondary N) is 1. The quantitative estimate of drug-likeness (QED) is 0.116. The first-order valence-electron chi connectivity index (χ1n) is 15.0. The van der Waals surface area contributed by atoms with Crippen LogP contribution in [0.1, 0.15) is 33.7 Å². The lowest BCUT2D eigenvalue weighted by molar-refractivity contribution is -0.384. The Bertz CT molecular complexity index is 2090. The van der Waals surface area contributed by atoms with Gasteiger partial charge in [-0.15, -0.1) is 0 Å². The average Bonchev–Trinajstić information content (AvgIpc) is 3.35. The van der Waals surface area contributed by atoms with Crippen molar-refractivity contribution in [1.29, 1.82) is 0 Å². The van der Waals surface area contributed by atoms with Crippen molar-refractivity contribution in [3.05, 3.63) is 153 Å². The second-order valence-electron chi connectivity index (χ2n) is 11.9. The first kappa shape index (κ1) is 27.6. The zero-order chi connectivity index (χ0) is 31.6. The molecular weight excluding hydrogens is 580 g/mol. The highest BCUT2D eigenvalue weighted by molar-refractivity contribution is 6.25. The van der Waals surface area contributed by atoms with Crippen LogP contribution < -0.4 is 10.3 Å². The molecule has 0 saturated carbocycles. The highest BCUT2D eigenvalue weighted by Crippen LogP contribution is 2.63. The SMILES string of the molecule is O=C(Cc1cccc2ccccc12)N/N=C\C12c3ccccc3C(c3ccccc31)[C@@H]1C(=O)N(c3ccc([N+](=O)[O-])cc3)C(=O)[C@H]12. The fourth-order valence-electron chi connectivity index (χ4n) is 7.89. The second-order valence-corrected chi connectivity index (χ2v) is 11.9. The molecule has 4 aliphatic rings. The van der Waals surface area contributed by atoms with E-state index in [-0.39, 0.29) is 35.5 Å². The van der Waals surface area contributed by atoms with Crippen LogP contribution in [-0.2, 0) is 26.2 Å². The van der Waals surface area contributed by atoms with Crippen LogP contribution in [-0.4, -0.2) is 28.9 Å². The Kier molecular flexibility index (Phi) is 6.18. The van der Waals surface area contributed by atoms with Crippen molar-refractivity contribution in [2.45, 2.75) is 17.8 Å². The molecule has 5 aromatic carbocycles. The number of rotatable bonds is 6. The van der Waals surface area contributed by atoms with Crippen LogP contribution in [0.2, 0.25) is 0 Å². The number of hydrogen-bond acceptors (Lipinski definition) is 6. The van der Waals surface area contributed by atoms with E-state index >= 15 is 0 Å². The number of hydrazone groups is 1. The number of nitrogens with zero attached hydrogens (tertiary/aromatic N) is 3. The summed E-state index contributed by atoms with van der Waals surface area (Å²) >= 11 is 0. The number of anilines is 1. The van der Waals surface area contributed by atoms with Gasteiger partial charge >= 0.3 is 0 Å². The number of benzene rings is 5. The van der Waals surface area contributed by atoms with Gasteiger partial charge in [-0.2, -0.15) is 5.10 Å². The maximum atomic E-state index is 14.5. The molecule has 0 radical (unpaired) electrons.